The van der Waals surface area contributed by atoms with Gasteiger partial charge in [-0.25, -0.2) is 8.78 Å². The second-order valence-electron chi connectivity index (χ2n) is 5.14. The zero-order valence-corrected chi connectivity index (χ0v) is 12.2. The third-order valence-electron chi connectivity index (χ3n) is 4.09. The molecule has 0 bridgehead atoms. The first-order valence-corrected chi connectivity index (χ1v) is 7.10. The van der Waals surface area contributed by atoms with Gasteiger partial charge in [-0.1, -0.05) is 44.2 Å². The first-order valence-electron chi connectivity index (χ1n) is 7.10. The Hall–Kier alpha value is -2.03. The molecule has 0 aliphatic rings. The van der Waals surface area contributed by atoms with Crippen molar-refractivity contribution in [2.24, 2.45) is 0 Å². The molecule has 0 unspecified atom stereocenters. The fourth-order valence-electron chi connectivity index (χ4n) is 2.83. The first-order chi connectivity index (χ1) is 10.0. The van der Waals surface area contributed by atoms with Crippen LogP contribution in [0.25, 0.3) is 0 Å². The molecule has 0 atom stereocenters. The number of rotatable bonds is 5. The summed E-state index contributed by atoms with van der Waals surface area (Å²) in [6.07, 6.45) is 1.15. The van der Waals surface area contributed by atoms with Crippen LogP contribution in [-0.2, 0) is 5.41 Å². The standard InChI is InChI=1S/C18H18F2O/c1-3-18(4-2,14-8-6-5-7-9-14)17(21)13-10-15(19)12-16(20)11-13/h5-12H,3-4H2,1-2H3. The van der Waals surface area contributed by atoms with Gasteiger partial charge in [-0.3, -0.25) is 4.79 Å². The van der Waals surface area contributed by atoms with E-state index < -0.39 is 17.0 Å². The van der Waals surface area contributed by atoms with Crippen LogP contribution in [-0.4, -0.2) is 5.78 Å². The molecule has 2 aromatic carbocycles. The summed E-state index contributed by atoms with van der Waals surface area (Å²) in [7, 11) is 0. The average Bonchev–Trinajstić information content (AvgIpc) is 2.49. The molecule has 2 rings (SSSR count). The van der Waals surface area contributed by atoms with Crippen molar-refractivity contribution < 1.29 is 13.6 Å². The molecule has 0 aliphatic heterocycles. The topological polar surface area (TPSA) is 17.1 Å². The van der Waals surface area contributed by atoms with Crippen molar-refractivity contribution in [3.8, 4) is 0 Å². The Balaban J connectivity index is 2.54. The van der Waals surface area contributed by atoms with Gasteiger partial charge in [-0.2, -0.15) is 0 Å². The molecular formula is C18H18F2O. The summed E-state index contributed by atoms with van der Waals surface area (Å²) >= 11 is 0. The van der Waals surface area contributed by atoms with E-state index in [9.17, 15) is 13.6 Å². The van der Waals surface area contributed by atoms with Gasteiger partial charge in [-0.05, 0) is 30.5 Å². The minimum Gasteiger partial charge on any atom is -0.293 e. The average molecular weight is 288 g/mol. The van der Waals surface area contributed by atoms with Crippen LogP contribution in [0.4, 0.5) is 8.78 Å². The van der Waals surface area contributed by atoms with Crippen molar-refractivity contribution in [3.05, 3.63) is 71.3 Å². The van der Waals surface area contributed by atoms with E-state index in [1.54, 1.807) is 0 Å². The summed E-state index contributed by atoms with van der Waals surface area (Å²) in [6.45, 7) is 3.84. The van der Waals surface area contributed by atoms with Crippen molar-refractivity contribution in [3.63, 3.8) is 0 Å². The summed E-state index contributed by atoms with van der Waals surface area (Å²) in [5.74, 6) is -1.70. The van der Waals surface area contributed by atoms with E-state index >= 15 is 0 Å². The van der Waals surface area contributed by atoms with Gasteiger partial charge in [0, 0.05) is 11.6 Å². The summed E-state index contributed by atoms with van der Waals surface area (Å²) in [5, 5.41) is 0. The predicted molar refractivity (Wildman–Crippen MR) is 79.4 cm³/mol. The Morgan fingerprint density at radius 1 is 0.952 bits per heavy atom. The molecule has 0 heterocycles. The van der Waals surface area contributed by atoms with E-state index in [2.05, 4.69) is 0 Å². The molecule has 1 nitrogen and oxygen atoms in total. The van der Waals surface area contributed by atoms with Crippen LogP contribution in [0.2, 0.25) is 0 Å². The van der Waals surface area contributed by atoms with Crippen LogP contribution < -0.4 is 0 Å². The zero-order valence-electron chi connectivity index (χ0n) is 12.2. The lowest BCUT2D eigenvalue weighted by Crippen LogP contribution is -2.35. The molecule has 0 amide bonds. The maximum Gasteiger partial charge on any atom is 0.173 e. The van der Waals surface area contributed by atoms with Crippen molar-refractivity contribution in [1.29, 1.82) is 0 Å². The van der Waals surface area contributed by atoms with Gasteiger partial charge in [0.15, 0.2) is 5.78 Å². The smallest absolute Gasteiger partial charge is 0.173 e. The van der Waals surface area contributed by atoms with Crippen LogP contribution in [0.1, 0.15) is 42.6 Å². The third-order valence-corrected chi connectivity index (χ3v) is 4.09. The number of hydrogen-bond acceptors (Lipinski definition) is 1. The van der Waals surface area contributed by atoms with Crippen molar-refractivity contribution in [2.45, 2.75) is 32.1 Å². The van der Waals surface area contributed by atoms with E-state index in [4.69, 9.17) is 0 Å². The molecule has 0 spiro atoms. The molecule has 0 saturated heterocycles. The second-order valence-corrected chi connectivity index (χ2v) is 5.14. The lowest BCUT2D eigenvalue weighted by Gasteiger charge is -2.31. The highest BCUT2D eigenvalue weighted by atomic mass is 19.1. The Bertz CT molecular complexity index is 611. The highest BCUT2D eigenvalue weighted by Gasteiger charge is 2.37. The highest BCUT2D eigenvalue weighted by Crippen LogP contribution is 2.35. The number of carbonyl (C=O) groups is 1. The van der Waals surface area contributed by atoms with Crippen LogP contribution in [0.15, 0.2) is 48.5 Å². The fraction of sp³-hybridized carbons (Fsp3) is 0.278. The molecule has 21 heavy (non-hydrogen) atoms. The Morgan fingerprint density at radius 3 is 1.95 bits per heavy atom. The molecule has 0 radical (unpaired) electrons. The number of benzene rings is 2. The number of hydrogen-bond donors (Lipinski definition) is 0. The van der Waals surface area contributed by atoms with E-state index in [1.165, 1.54) is 0 Å². The van der Waals surface area contributed by atoms with Gasteiger partial charge >= 0.3 is 0 Å². The van der Waals surface area contributed by atoms with Crippen LogP contribution in [0.3, 0.4) is 0 Å². The Morgan fingerprint density at radius 2 is 1.48 bits per heavy atom. The number of halogens is 2. The number of ketones is 1. The minimum atomic E-state index is -0.749. The molecule has 3 heteroatoms. The molecule has 0 N–H and O–H groups in total. The van der Waals surface area contributed by atoms with Gasteiger partial charge in [0.1, 0.15) is 11.6 Å². The van der Waals surface area contributed by atoms with Crippen LogP contribution >= 0.6 is 0 Å². The van der Waals surface area contributed by atoms with E-state index in [0.717, 1.165) is 23.8 Å². The third kappa shape index (κ3) is 2.87. The highest BCUT2D eigenvalue weighted by molar-refractivity contribution is 6.04. The normalized spacial score (nSPS) is 11.4. The predicted octanol–water partition coefficient (Wildman–Crippen LogP) is 4.91. The van der Waals surface area contributed by atoms with Crippen molar-refractivity contribution >= 4 is 5.78 Å². The lowest BCUT2D eigenvalue weighted by molar-refractivity contribution is 0.0872. The summed E-state index contributed by atoms with van der Waals surface area (Å²) in [4.78, 5) is 12.9. The molecular weight excluding hydrogens is 270 g/mol. The van der Waals surface area contributed by atoms with Crippen molar-refractivity contribution in [1.82, 2.24) is 0 Å². The molecule has 110 valence electrons. The van der Waals surface area contributed by atoms with Gasteiger partial charge in [-0.15, -0.1) is 0 Å². The minimum absolute atomic E-state index is 0.0834. The van der Waals surface area contributed by atoms with Crippen molar-refractivity contribution in [2.75, 3.05) is 0 Å². The van der Waals surface area contributed by atoms with E-state index in [1.807, 2.05) is 44.2 Å². The largest absolute Gasteiger partial charge is 0.293 e. The summed E-state index contributed by atoms with van der Waals surface area (Å²) < 4.78 is 26.8. The van der Waals surface area contributed by atoms with Gasteiger partial charge in [0.05, 0.1) is 5.41 Å². The Kier molecular flexibility index (Phi) is 4.51. The van der Waals surface area contributed by atoms with Crippen LogP contribution in [0.5, 0.6) is 0 Å². The number of Topliss-reactive ketones (excluding diaryl/α,β-unsaturated/α-hetero) is 1. The maximum absolute atomic E-state index is 13.4. The molecule has 2 aromatic rings. The van der Waals surface area contributed by atoms with Gasteiger partial charge < -0.3 is 0 Å². The summed E-state index contributed by atoms with van der Waals surface area (Å²) in [5.41, 5.74) is 0.214. The monoisotopic (exact) mass is 288 g/mol. The van der Waals surface area contributed by atoms with E-state index in [-0.39, 0.29) is 11.3 Å². The van der Waals surface area contributed by atoms with Gasteiger partial charge in [0.2, 0.25) is 0 Å². The SMILES string of the molecule is CCC(CC)(C(=O)c1cc(F)cc(F)c1)c1ccccc1. The molecule has 0 fully saturated rings. The number of carbonyl (C=O) groups excluding carboxylic acids is 1. The maximum atomic E-state index is 13.4. The quantitative estimate of drug-likeness (QED) is 0.715. The zero-order chi connectivity index (χ0) is 15.5. The first kappa shape index (κ1) is 15.4. The van der Waals surface area contributed by atoms with Gasteiger partial charge in [0.25, 0.3) is 0 Å². The lowest BCUT2D eigenvalue weighted by atomic mass is 9.70. The molecule has 0 aromatic heterocycles. The molecule has 0 saturated carbocycles. The molecule has 0 aliphatic carbocycles. The van der Waals surface area contributed by atoms with E-state index in [0.29, 0.717) is 12.8 Å². The summed E-state index contributed by atoms with van der Waals surface area (Å²) in [6, 6.07) is 12.4. The second kappa shape index (κ2) is 6.17. The Labute approximate surface area is 123 Å². The fourth-order valence-corrected chi connectivity index (χ4v) is 2.83. The van der Waals surface area contributed by atoms with Crippen LogP contribution in [0, 0.1) is 11.6 Å².